The first-order valence-electron chi connectivity index (χ1n) is 10.1. The molecule has 0 aliphatic heterocycles. The maximum Gasteiger partial charge on any atom is 0.221 e. The van der Waals surface area contributed by atoms with Crippen LogP contribution in [0.15, 0.2) is 4.99 Å². The van der Waals surface area contributed by atoms with E-state index in [1.807, 2.05) is 0 Å². The number of aliphatic imine (C=N–C) groups is 1. The van der Waals surface area contributed by atoms with Crippen LogP contribution in [0.5, 0.6) is 0 Å². The minimum Gasteiger partial charge on any atom is -0.376 e. The van der Waals surface area contributed by atoms with Gasteiger partial charge in [-0.05, 0) is 25.7 Å². The molecule has 0 spiro atoms. The number of carbonyl (C=O) groups excluding carboxylic acids is 1. The van der Waals surface area contributed by atoms with Crippen LogP contribution in [0.3, 0.4) is 0 Å². The highest BCUT2D eigenvalue weighted by molar-refractivity contribution is 5.81. The zero-order valence-corrected chi connectivity index (χ0v) is 15.8. The highest BCUT2D eigenvalue weighted by Crippen LogP contribution is 2.19. The summed E-state index contributed by atoms with van der Waals surface area (Å²) in [5, 5.41) is 9.55. The lowest BCUT2D eigenvalue weighted by atomic mass is 10.1. The molecule has 0 aromatic heterocycles. The number of hydrogen-bond donors (Lipinski definition) is 3. The molecule has 0 saturated heterocycles. The van der Waals surface area contributed by atoms with E-state index in [-0.39, 0.29) is 5.91 Å². The Morgan fingerprint density at radius 3 is 2.28 bits per heavy atom. The highest BCUT2D eigenvalue weighted by atomic mass is 16.5. The maximum atomic E-state index is 11.9. The number of carbonyl (C=O) groups is 1. The van der Waals surface area contributed by atoms with Crippen molar-refractivity contribution in [3.8, 4) is 0 Å². The van der Waals surface area contributed by atoms with Crippen LogP contribution in [-0.4, -0.2) is 50.8 Å². The first-order chi connectivity index (χ1) is 12.3. The molecule has 3 N–H and O–H groups in total. The van der Waals surface area contributed by atoms with Gasteiger partial charge in [0.15, 0.2) is 5.96 Å². The summed E-state index contributed by atoms with van der Waals surface area (Å²) in [6.45, 7) is 2.04. The van der Waals surface area contributed by atoms with Gasteiger partial charge in [0.1, 0.15) is 0 Å². The van der Waals surface area contributed by atoms with Crippen LogP contribution in [0.4, 0.5) is 0 Å². The Morgan fingerprint density at radius 1 is 0.960 bits per heavy atom. The van der Waals surface area contributed by atoms with Gasteiger partial charge in [-0.1, -0.05) is 38.5 Å². The quantitative estimate of drug-likeness (QED) is 0.271. The summed E-state index contributed by atoms with van der Waals surface area (Å²) in [6.07, 6.45) is 13.3. The second-order valence-corrected chi connectivity index (χ2v) is 7.21. The third-order valence-electron chi connectivity index (χ3n) is 5.14. The number of ether oxygens (including phenoxy) is 1. The predicted molar refractivity (Wildman–Crippen MR) is 102 cm³/mol. The number of nitrogens with zero attached hydrogens (tertiary/aromatic N) is 1. The van der Waals surface area contributed by atoms with E-state index in [0.717, 1.165) is 25.3 Å². The van der Waals surface area contributed by atoms with Crippen LogP contribution in [0, 0.1) is 0 Å². The Hall–Kier alpha value is -1.30. The molecule has 2 rings (SSSR count). The van der Waals surface area contributed by atoms with Crippen LogP contribution in [0.25, 0.3) is 0 Å². The average molecular weight is 353 g/mol. The molecule has 2 aliphatic rings. The van der Waals surface area contributed by atoms with Crippen LogP contribution < -0.4 is 16.0 Å². The van der Waals surface area contributed by atoms with E-state index in [2.05, 4.69) is 20.9 Å². The Bertz CT molecular complexity index is 400. The van der Waals surface area contributed by atoms with E-state index in [9.17, 15) is 4.79 Å². The lowest BCUT2D eigenvalue weighted by molar-refractivity contribution is -0.121. The summed E-state index contributed by atoms with van der Waals surface area (Å²) in [5.41, 5.74) is 0. The Morgan fingerprint density at radius 2 is 1.60 bits per heavy atom. The van der Waals surface area contributed by atoms with Crippen LogP contribution in [0.2, 0.25) is 0 Å². The molecule has 2 fully saturated rings. The topological polar surface area (TPSA) is 74.8 Å². The van der Waals surface area contributed by atoms with E-state index < -0.39 is 0 Å². The van der Waals surface area contributed by atoms with Gasteiger partial charge in [0.05, 0.1) is 12.7 Å². The van der Waals surface area contributed by atoms with Crippen molar-refractivity contribution in [2.75, 3.05) is 26.7 Å². The van der Waals surface area contributed by atoms with Crippen molar-refractivity contribution in [3.05, 3.63) is 0 Å². The summed E-state index contributed by atoms with van der Waals surface area (Å²) in [6, 6.07) is 0.395. The van der Waals surface area contributed by atoms with E-state index in [4.69, 9.17) is 4.74 Å². The van der Waals surface area contributed by atoms with Gasteiger partial charge in [0.2, 0.25) is 5.91 Å². The fourth-order valence-electron chi connectivity index (χ4n) is 3.69. The molecule has 0 heterocycles. The largest absolute Gasteiger partial charge is 0.376 e. The van der Waals surface area contributed by atoms with Crippen LogP contribution in [0.1, 0.15) is 70.6 Å². The summed E-state index contributed by atoms with van der Waals surface area (Å²) >= 11 is 0. The standard InChI is InChI=1S/C19H36N4O2/c1-20-19(21-13-12-18(24)23-16-8-6-7-9-16)22-14-15-25-17-10-4-2-3-5-11-17/h16-17H,2-15H2,1H3,(H,23,24)(H2,20,21,22). The van der Waals surface area contributed by atoms with Gasteiger partial charge in [-0.3, -0.25) is 9.79 Å². The van der Waals surface area contributed by atoms with Crippen molar-refractivity contribution in [2.45, 2.75) is 82.8 Å². The molecule has 0 aromatic rings. The van der Waals surface area contributed by atoms with Crippen molar-refractivity contribution in [3.63, 3.8) is 0 Å². The summed E-state index contributed by atoms with van der Waals surface area (Å²) in [7, 11) is 1.75. The first kappa shape index (κ1) is 20.0. The number of guanidine groups is 1. The molecule has 0 aromatic carbocycles. The van der Waals surface area contributed by atoms with Crippen molar-refractivity contribution in [2.24, 2.45) is 4.99 Å². The fraction of sp³-hybridized carbons (Fsp3) is 0.895. The molecule has 0 unspecified atom stereocenters. The second kappa shape index (κ2) is 12.1. The molecule has 2 aliphatic carbocycles. The summed E-state index contributed by atoms with van der Waals surface area (Å²) in [4.78, 5) is 16.1. The Labute approximate surface area is 152 Å². The molecule has 0 bridgehead atoms. The number of rotatable bonds is 8. The van der Waals surface area contributed by atoms with E-state index in [1.54, 1.807) is 7.05 Å². The van der Waals surface area contributed by atoms with Gasteiger partial charge in [0, 0.05) is 32.6 Å². The number of nitrogens with one attached hydrogen (secondary N) is 3. The maximum absolute atomic E-state index is 11.9. The molecule has 25 heavy (non-hydrogen) atoms. The van der Waals surface area contributed by atoms with E-state index in [0.29, 0.717) is 31.7 Å². The normalized spacial score (nSPS) is 20.3. The van der Waals surface area contributed by atoms with Gasteiger partial charge in [-0.15, -0.1) is 0 Å². The lowest BCUT2D eigenvalue weighted by Gasteiger charge is -2.17. The number of hydrogen-bond acceptors (Lipinski definition) is 3. The summed E-state index contributed by atoms with van der Waals surface area (Å²) < 4.78 is 5.97. The zero-order chi connectivity index (χ0) is 17.7. The molecule has 0 atom stereocenters. The second-order valence-electron chi connectivity index (χ2n) is 7.21. The molecule has 1 amide bonds. The third-order valence-corrected chi connectivity index (χ3v) is 5.14. The Kier molecular flexibility index (Phi) is 9.70. The summed E-state index contributed by atoms with van der Waals surface area (Å²) in [5.74, 6) is 0.865. The molecule has 6 nitrogen and oxygen atoms in total. The van der Waals surface area contributed by atoms with Crippen LogP contribution >= 0.6 is 0 Å². The lowest BCUT2D eigenvalue weighted by Crippen LogP contribution is -2.41. The zero-order valence-electron chi connectivity index (χ0n) is 15.8. The van der Waals surface area contributed by atoms with Crippen molar-refractivity contribution >= 4 is 11.9 Å². The SMILES string of the molecule is CN=C(NCCOC1CCCCCC1)NCCC(=O)NC1CCCC1. The monoisotopic (exact) mass is 352 g/mol. The van der Waals surface area contributed by atoms with E-state index in [1.165, 1.54) is 51.4 Å². The predicted octanol–water partition coefficient (Wildman–Crippen LogP) is 2.34. The van der Waals surface area contributed by atoms with Gasteiger partial charge in [0.25, 0.3) is 0 Å². The molecule has 0 radical (unpaired) electrons. The first-order valence-corrected chi connectivity index (χ1v) is 10.1. The van der Waals surface area contributed by atoms with Crippen molar-refractivity contribution < 1.29 is 9.53 Å². The van der Waals surface area contributed by atoms with Gasteiger partial charge >= 0.3 is 0 Å². The van der Waals surface area contributed by atoms with E-state index >= 15 is 0 Å². The fourth-order valence-corrected chi connectivity index (χ4v) is 3.69. The van der Waals surface area contributed by atoms with Crippen LogP contribution in [-0.2, 0) is 9.53 Å². The smallest absolute Gasteiger partial charge is 0.221 e. The van der Waals surface area contributed by atoms with Gasteiger partial charge in [-0.25, -0.2) is 0 Å². The molecular formula is C19H36N4O2. The molecule has 6 heteroatoms. The minimum absolute atomic E-state index is 0.131. The minimum atomic E-state index is 0.131. The van der Waals surface area contributed by atoms with Crippen molar-refractivity contribution in [1.29, 1.82) is 0 Å². The Balaban J connectivity index is 1.50. The number of amides is 1. The molecular weight excluding hydrogens is 316 g/mol. The molecule has 2 saturated carbocycles. The highest BCUT2D eigenvalue weighted by Gasteiger charge is 2.16. The third kappa shape index (κ3) is 8.56. The molecule has 144 valence electrons. The van der Waals surface area contributed by atoms with Crippen molar-refractivity contribution in [1.82, 2.24) is 16.0 Å². The van der Waals surface area contributed by atoms with Gasteiger partial charge < -0.3 is 20.7 Å². The van der Waals surface area contributed by atoms with Gasteiger partial charge in [-0.2, -0.15) is 0 Å². The average Bonchev–Trinajstić information content (AvgIpc) is 2.98.